The molecule has 0 saturated heterocycles. The number of methoxy groups -OCH3 is 1. The lowest BCUT2D eigenvalue weighted by molar-refractivity contribution is -0.127. The monoisotopic (exact) mass is 318 g/mol. The van der Waals surface area contributed by atoms with Crippen molar-refractivity contribution in [2.45, 2.75) is 20.0 Å². The van der Waals surface area contributed by atoms with Gasteiger partial charge in [0.05, 0.1) is 13.3 Å². The van der Waals surface area contributed by atoms with Crippen LogP contribution in [0.2, 0.25) is 0 Å². The highest BCUT2D eigenvalue weighted by Crippen LogP contribution is 2.20. The number of hydrogen-bond donors (Lipinski definition) is 1. The van der Waals surface area contributed by atoms with E-state index in [0.29, 0.717) is 11.5 Å². The zero-order chi connectivity index (χ0) is 15.9. The largest absolute Gasteiger partial charge is 0.497 e. The summed E-state index contributed by atoms with van der Waals surface area (Å²) in [5.74, 6) is 0.935. The van der Waals surface area contributed by atoms with E-state index in [1.807, 2.05) is 24.4 Å². The molecular formula is C16H18N2O3S. The molecule has 0 bridgehead atoms. The number of benzene rings is 1. The van der Waals surface area contributed by atoms with E-state index in [9.17, 15) is 4.79 Å². The van der Waals surface area contributed by atoms with Gasteiger partial charge in [0.2, 0.25) is 0 Å². The first-order valence-corrected chi connectivity index (χ1v) is 7.66. The Morgan fingerprint density at radius 3 is 2.82 bits per heavy atom. The molecule has 5 nitrogen and oxygen atoms in total. The van der Waals surface area contributed by atoms with Crippen molar-refractivity contribution >= 4 is 23.5 Å². The van der Waals surface area contributed by atoms with Crippen molar-refractivity contribution in [3.8, 4) is 11.5 Å². The van der Waals surface area contributed by atoms with Crippen LogP contribution < -0.4 is 14.9 Å². The van der Waals surface area contributed by atoms with Gasteiger partial charge in [-0.3, -0.25) is 4.79 Å². The molecule has 1 amide bonds. The molecule has 116 valence electrons. The van der Waals surface area contributed by atoms with Crippen molar-refractivity contribution in [2.24, 2.45) is 5.10 Å². The first-order chi connectivity index (χ1) is 10.6. The van der Waals surface area contributed by atoms with Gasteiger partial charge >= 0.3 is 0 Å². The van der Waals surface area contributed by atoms with Crippen LogP contribution >= 0.6 is 11.3 Å². The van der Waals surface area contributed by atoms with Gasteiger partial charge in [0, 0.05) is 10.9 Å². The highest BCUT2D eigenvalue weighted by atomic mass is 32.1. The third kappa shape index (κ3) is 4.33. The summed E-state index contributed by atoms with van der Waals surface area (Å²) in [6.07, 6.45) is 0.976. The second kappa shape index (κ2) is 7.61. The summed E-state index contributed by atoms with van der Waals surface area (Å²) in [5.41, 5.74) is 3.61. The summed E-state index contributed by atoms with van der Waals surface area (Å²) >= 11 is 1.57. The molecule has 0 radical (unpaired) electrons. The van der Waals surface area contributed by atoms with Crippen LogP contribution in [0.3, 0.4) is 0 Å². The van der Waals surface area contributed by atoms with E-state index >= 15 is 0 Å². The fraction of sp³-hybridized carbons (Fsp3) is 0.250. The molecule has 0 aliphatic carbocycles. The molecule has 1 heterocycles. The van der Waals surface area contributed by atoms with Crippen molar-refractivity contribution in [2.75, 3.05) is 7.11 Å². The van der Waals surface area contributed by atoms with Gasteiger partial charge < -0.3 is 9.47 Å². The smallest absolute Gasteiger partial charge is 0.280 e. The van der Waals surface area contributed by atoms with Crippen molar-refractivity contribution in [1.29, 1.82) is 0 Å². The number of thiophene rings is 1. The standard InChI is InChI=1S/C16H18N2O3S/c1-11-7-8-22-15(11)10-17-18-16(19)12(2)21-14-6-4-5-13(9-14)20-3/h4-10,12H,1-3H3,(H,18,19)/b17-10+. The number of nitrogens with zero attached hydrogens (tertiary/aromatic N) is 1. The number of ether oxygens (including phenoxy) is 2. The lowest BCUT2D eigenvalue weighted by Crippen LogP contribution is -2.33. The predicted molar refractivity (Wildman–Crippen MR) is 87.9 cm³/mol. The number of carbonyl (C=O) groups excluding carboxylic acids is 1. The molecule has 0 fully saturated rings. The van der Waals surface area contributed by atoms with Gasteiger partial charge in [0.15, 0.2) is 6.10 Å². The minimum Gasteiger partial charge on any atom is -0.497 e. The van der Waals surface area contributed by atoms with Gasteiger partial charge in [-0.15, -0.1) is 11.3 Å². The lowest BCUT2D eigenvalue weighted by Gasteiger charge is -2.13. The summed E-state index contributed by atoms with van der Waals surface area (Å²) in [6, 6.07) is 9.11. The number of nitrogens with one attached hydrogen (secondary N) is 1. The van der Waals surface area contributed by atoms with Crippen molar-refractivity contribution < 1.29 is 14.3 Å². The summed E-state index contributed by atoms with van der Waals surface area (Å²) in [6.45, 7) is 3.66. The lowest BCUT2D eigenvalue weighted by atomic mass is 10.3. The maximum Gasteiger partial charge on any atom is 0.280 e. The highest BCUT2D eigenvalue weighted by molar-refractivity contribution is 7.11. The third-order valence-corrected chi connectivity index (χ3v) is 3.94. The number of aryl methyl sites for hydroxylation is 1. The third-order valence-electron chi connectivity index (χ3n) is 2.98. The van der Waals surface area contributed by atoms with Crippen LogP contribution in [0.15, 0.2) is 40.8 Å². The molecule has 1 unspecified atom stereocenters. The Kier molecular flexibility index (Phi) is 5.55. The maximum atomic E-state index is 11.9. The molecule has 0 aliphatic heterocycles. The Labute approximate surface area is 133 Å². The van der Waals surface area contributed by atoms with Crippen molar-refractivity contribution in [3.05, 3.63) is 46.2 Å². The molecule has 0 saturated carbocycles. The zero-order valence-electron chi connectivity index (χ0n) is 12.7. The van der Waals surface area contributed by atoms with E-state index in [2.05, 4.69) is 10.5 Å². The second-order valence-corrected chi connectivity index (χ2v) is 5.59. The summed E-state index contributed by atoms with van der Waals surface area (Å²) in [7, 11) is 1.58. The van der Waals surface area contributed by atoms with Crippen molar-refractivity contribution in [3.63, 3.8) is 0 Å². The summed E-state index contributed by atoms with van der Waals surface area (Å²) in [5, 5.41) is 5.93. The summed E-state index contributed by atoms with van der Waals surface area (Å²) < 4.78 is 10.7. The molecule has 1 aromatic carbocycles. The van der Waals surface area contributed by atoms with E-state index in [1.165, 1.54) is 0 Å². The van der Waals surface area contributed by atoms with E-state index in [0.717, 1.165) is 10.4 Å². The SMILES string of the molecule is COc1cccc(OC(C)C(=O)N/N=C/c2sccc2C)c1. The molecule has 1 atom stereocenters. The Bertz CT molecular complexity index is 667. The fourth-order valence-electron chi connectivity index (χ4n) is 1.69. The first-order valence-electron chi connectivity index (χ1n) is 6.78. The van der Waals surface area contributed by atoms with Gasteiger partial charge in [0.1, 0.15) is 11.5 Å². The van der Waals surface area contributed by atoms with E-state index in [4.69, 9.17) is 9.47 Å². The molecule has 1 N–H and O–H groups in total. The Hall–Kier alpha value is -2.34. The minimum atomic E-state index is -0.659. The van der Waals surface area contributed by atoms with Crippen LogP contribution in [0.5, 0.6) is 11.5 Å². The normalized spacial score (nSPS) is 12.1. The Balaban J connectivity index is 1.89. The van der Waals surface area contributed by atoms with Gasteiger partial charge in [-0.05, 0) is 43.0 Å². The first kappa shape index (κ1) is 16.0. The molecule has 2 aromatic rings. The van der Waals surface area contributed by atoms with Crippen LogP contribution in [0.25, 0.3) is 0 Å². The van der Waals surface area contributed by atoms with Crippen LogP contribution in [-0.4, -0.2) is 25.3 Å². The number of carbonyl (C=O) groups is 1. The van der Waals surface area contributed by atoms with Gasteiger partial charge in [-0.2, -0.15) is 5.10 Å². The summed E-state index contributed by atoms with van der Waals surface area (Å²) in [4.78, 5) is 13.0. The molecule has 0 spiro atoms. The second-order valence-electron chi connectivity index (χ2n) is 4.64. The number of hydrazone groups is 1. The van der Waals surface area contributed by atoms with Crippen molar-refractivity contribution in [1.82, 2.24) is 5.43 Å². The van der Waals surface area contributed by atoms with Gasteiger partial charge in [-0.25, -0.2) is 5.43 Å². The van der Waals surface area contributed by atoms with Gasteiger partial charge in [-0.1, -0.05) is 6.07 Å². The van der Waals surface area contributed by atoms with Crippen LogP contribution in [0.4, 0.5) is 0 Å². The Morgan fingerprint density at radius 1 is 1.36 bits per heavy atom. The minimum absolute atomic E-state index is 0.312. The fourth-order valence-corrected chi connectivity index (χ4v) is 2.48. The average Bonchev–Trinajstić information content (AvgIpc) is 2.92. The molecular weight excluding hydrogens is 300 g/mol. The quantitative estimate of drug-likeness (QED) is 0.658. The van der Waals surface area contributed by atoms with E-state index in [1.54, 1.807) is 49.8 Å². The van der Waals surface area contributed by atoms with Crippen LogP contribution in [0, 0.1) is 6.92 Å². The van der Waals surface area contributed by atoms with Crippen LogP contribution in [0.1, 0.15) is 17.4 Å². The van der Waals surface area contributed by atoms with E-state index in [-0.39, 0.29) is 5.91 Å². The predicted octanol–water partition coefficient (Wildman–Crippen LogP) is 2.98. The molecule has 0 aliphatic rings. The molecule has 2 rings (SSSR count). The topological polar surface area (TPSA) is 59.9 Å². The molecule has 6 heteroatoms. The average molecular weight is 318 g/mol. The highest BCUT2D eigenvalue weighted by Gasteiger charge is 2.14. The molecule has 1 aromatic heterocycles. The van der Waals surface area contributed by atoms with Crippen LogP contribution in [-0.2, 0) is 4.79 Å². The maximum absolute atomic E-state index is 11.9. The number of rotatable bonds is 6. The Morgan fingerprint density at radius 2 is 2.14 bits per heavy atom. The number of hydrogen-bond acceptors (Lipinski definition) is 5. The zero-order valence-corrected chi connectivity index (χ0v) is 13.5. The van der Waals surface area contributed by atoms with E-state index < -0.39 is 6.10 Å². The molecule has 22 heavy (non-hydrogen) atoms. The van der Waals surface area contributed by atoms with Gasteiger partial charge in [0.25, 0.3) is 5.91 Å². The number of amides is 1.